The number of carbonyl (C=O) groups is 1. The molecule has 150 valence electrons. The summed E-state index contributed by atoms with van der Waals surface area (Å²) in [6.07, 6.45) is 2.46. The first-order chi connectivity index (χ1) is 14.1. The van der Waals surface area contributed by atoms with Crippen molar-refractivity contribution in [2.45, 2.75) is 39.2 Å². The first-order valence-corrected chi connectivity index (χ1v) is 10.3. The molecule has 0 saturated carbocycles. The molecule has 3 rings (SSSR count). The Labute approximate surface area is 173 Å². The molecule has 3 aromatic rings. The van der Waals surface area contributed by atoms with Crippen LogP contribution in [0.25, 0.3) is 11.1 Å². The van der Waals surface area contributed by atoms with Gasteiger partial charge in [0.15, 0.2) is 0 Å². The zero-order chi connectivity index (χ0) is 20.5. The number of ether oxygens (including phenoxy) is 1. The fourth-order valence-electron chi connectivity index (χ4n) is 3.22. The van der Waals surface area contributed by atoms with Gasteiger partial charge in [-0.25, -0.2) is 0 Å². The Kier molecular flexibility index (Phi) is 7.46. The first-order valence-electron chi connectivity index (χ1n) is 10.3. The molecule has 29 heavy (non-hydrogen) atoms. The van der Waals surface area contributed by atoms with Crippen LogP contribution in [0.15, 0.2) is 78.9 Å². The van der Waals surface area contributed by atoms with Crippen LogP contribution < -0.4 is 10.1 Å². The second-order valence-corrected chi connectivity index (χ2v) is 7.50. The zero-order valence-electron chi connectivity index (χ0n) is 17.2. The average molecular weight is 388 g/mol. The smallest absolute Gasteiger partial charge is 0.224 e. The summed E-state index contributed by atoms with van der Waals surface area (Å²) in [5, 5.41) is 3.02. The van der Waals surface area contributed by atoms with Gasteiger partial charge in [0.2, 0.25) is 5.91 Å². The van der Waals surface area contributed by atoms with E-state index in [1.54, 1.807) is 0 Å². The molecule has 0 spiro atoms. The molecule has 3 aromatic carbocycles. The Morgan fingerprint density at radius 2 is 1.45 bits per heavy atom. The summed E-state index contributed by atoms with van der Waals surface area (Å²) in [6.45, 7) is 4.73. The fraction of sp³-hybridized carbons (Fsp3) is 0.269. The lowest BCUT2D eigenvalue weighted by molar-refractivity contribution is -0.120. The van der Waals surface area contributed by atoms with E-state index in [1.165, 1.54) is 16.7 Å². The van der Waals surface area contributed by atoms with Gasteiger partial charge in [0.25, 0.3) is 0 Å². The van der Waals surface area contributed by atoms with Crippen LogP contribution in [0.3, 0.4) is 0 Å². The number of hydrogen-bond donors (Lipinski definition) is 1. The van der Waals surface area contributed by atoms with Gasteiger partial charge in [0.05, 0.1) is 12.5 Å². The van der Waals surface area contributed by atoms with E-state index in [0.29, 0.717) is 13.0 Å². The van der Waals surface area contributed by atoms with E-state index in [2.05, 4.69) is 41.7 Å². The van der Waals surface area contributed by atoms with Crippen molar-refractivity contribution in [1.29, 1.82) is 0 Å². The molecule has 3 nitrogen and oxygen atoms in total. The highest BCUT2D eigenvalue weighted by atomic mass is 16.5. The summed E-state index contributed by atoms with van der Waals surface area (Å²) >= 11 is 0. The number of rotatable bonds is 9. The SMILES string of the molecule is CC(C)Oc1ccc(CCCNC(=O)Cc2ccc(-c3ccccc3)cc2)cc1. The van der Waals surface area contributed by atoms with Gasteiger partial charge in [-0.15, -0.1) is 0 Å². The van der Waals surface area contributed by atoms with Gasteiger partial charge >= 0.3 is 0 Å². The topological polar surface area (TPSA) is 38.3 Å². The molecular weight excluding hydrogens is 358 g/mol. The van der Waals surface area contributed by atoms with Gasteiger partial charge in [0.1, 0.15) is 5.75 Å². The lowest BCUT2D eigenvalue weighted by atomic mass is 10.0. The summed E-state index contributed by atoms with van der Waals surface area (Å²) in [5.74, 6) is 0.966. The monoisotopic (exact) mass is 387 g/mol. The highest BCUT2D eigenvalue weighted by molar-refractivity contribution is 5.78. The minimum absolute atomic E-state index is 0.0677. The molecule has 0 bridgehead atoms. The average Bonchev–Trinajstić information content (AvgIpc) is 2.73. The maximum Gasteiger partial charge on any atom is 0.224 e. The van der Waals surface area contributed by atoms with Crippen molar-refractivity contribution in [2.24, 2.45) is 0 Å². The molecular formula is C26H29NO2. The number of hydrogen-bond acceptors (Lipinski definition) is 2. The Bertz CT molecular complexity index is 884. The minimum Gasteiger partial charge on any atom is -0.491 e. The van der Waals surface area contributed by atoms with E-state index in [1.807, 2.05) is 56.3 Å². The van der Waals surface area contributed by atoms with Gasteiger partial charge in [-0.1, -0.05) is 66.7 Å². The van der Waals surface area contributed by atoms with Crippen molar-refractivity contribution in [3.05, 3.63) is 90.0 Å². The number of aryl methyl sites for hydroxylation is 1. The number of carbonyl (C=O) groups excluding carboxylic acids is 1. The van der Waals surface area contributed by atoms with E-state index in [9.17, 15) is 4.79 Å². The fourth-order valence-corrected chi connectivity index (χ4v) is 3.22. The number of benzene rings is 3. The lowest BCUT2D eigenvalue weighted by Gasteiger charge is -2.10. The third kappa shape index (κ3) is 6.79. The van der Waals surface area contributed by atoms with Crippen LogP contribution in [-0.4, -0.2) is 18.6 Å². The third-order valence-electron chi connectivity index (χ3n) is 4.69. The lowest BCUT2D eigenvalue weighted by Crippen LogP contribution is -2.26. The molecule has 0 atom stereocenters. The molecule has 1 N–H and O–H groups in total. The van der Waals surface area contributed by atoms with E-state index < -0.39 is 0 Å². The Balaban J connectivity index is 1.39. The van der Waals surface area contributed by atoms with Gasteiger partial charge in [-0.2, -0.15) is 0 Å². The van der Waals surface area contributed by atoms with Crippen LogP contribution in [0.1, 0.15) is 31.4 Å². The molecule has 0 aliphatic heterocycles. The summed E-state index contributed by atoms with van der Waals surface area (Å²) in [5.41, 5.74) is 4.64. The summed E-state index contributed by atoms with van der Waals surface area (Å²) in [7, 11) is 0. The van der Waals surface area contributed by atoms with Crippen molar-refractivity contribution in [3.63, 3.8) is 0 Å². The Hall–Kier alpha value is -3.07. The molecule has 0 unspecified atom stereocenters. The number of amides is 1. The molecule has 0 saturated heterocycles. The highest BCUT2D eigenvalue weighted by Crippen LogP contribution is 2.19. The van der Waals surface area contributed by atoms with Crippen LogP contribution in [0, 0.1) is 0 Å². The van der Waals surface area contributed by atoms with Gasteiger partial charge < -0.3 is 10.1 Å². The highest BCUT2D eigenvalue weighted by Gasteiger charge is 2.04. The molecule has 0 radical (unpaired) electrons. The van der Waals surface area contributed by atoms with Crippen molar-refractivity contribution in [2.75, 3.05) is 6.54 Å². The minimum atomic E-state index is 0.0677. The van der Waals surface area contributed by atoms with Gasteiger partial charge in [0, 0.05) is 6.54 Å². The van der Waals surface area contributed by atoms with Crippen molar-refractivity contribution in [1.82, 2.24) is 5.32 Å². The van der Waals surface area contributed by atoms with Crippen LogP contribution >= 0.6 is 0 Å². The second kappa shape index (κ2) is 10.5. The normalized spacial score (nSPS) is 10.7. The van der Waals surface area contributed by atoms with Gasteiger partial charge in [-0.05, 0) is 61.1 Å². The first kappa shape index (κ1) is 20.7. The Morgan fingerprint density at radius 1 is 0.828 bits per heavy atom. The predicted molar refractivity (Wildman–Crippen MR) is 119 cm³/mol. The summed E-state index contributed by atoms with van der Waals surface area (Å²) in [6, 6.07) is 26.7. The van der Waals surface area contributed by atoms with Crippen molar-refractivity contribution >= 4 is 5.91 Å². The van der Waals surface area contributed by atoms with E-state index in [-0.39, 0.29) is 12.0 Å². The van der Waals surface area contributed by atoms with E-state index in [4.69, 9.17) is 4.74 Å². The summed E-state index contributed by atoms with van der Waals surface area (Å²) < 4.78 is 5.66. The molecule has 0 aliphatic rings. The maximum atomic E-state index is 12.2. The molecule has 0 aliphatic carbocycles. The molecule has 0 heterocycles. The maximum absolute atomic E-state index is 12.2. The largest absolute Gasteiger partial charge is 0.491 e. The molecule has 1 amide bonds. The van der Waals surface area contributed by atoms with Crippen LogP contribution in [-0.2, 0) is 17.6 Å². The van der Waals surface area contributed by atoms with Crippen molar-refractivity contribution < 1.29 is 9.53 Å². The van der Waals surface area contributed by atoms with E-state index in [0.717, 1.165) is 24.2 Å². The number of nitrogens with one attached hydrogen (secondary N) is 1. The molecule has 0 aromatic heterocycles. The molecule has 3 heteroatoms. The standard InChI is InChI=1S/C26H29NO2/c1-20(2)29-25-16-12-21(13-17-25)7-6-18-27-26(28)19-22-10-14-24(15-11-22)23-8-4-3-5-9-23/h3-5,8-17,20H,6-7,18-19H2,1-2H3,(H,27,28). The Morgan fingerprint density at radius 3 is 2.10 bits per heavy atom. The van der Waals surface area contributed by atoms with Crippen LogP contribution in [0.4, 0.5) is 0 Å². The van der Waals surface area contributed by atoms with Crippen LogP contribution in [0.5, 0.6) is 5.75 Å². The summed E-state index contributed by atoms with van der Waals surface area (Å²) in [4.78, 5) is 12.2. The van der Waals surface area contributed by atoms with Gasteiger partial charge in [-0.3, -0.25) is 4.79 Å². The third-order valence-corrected chi connectivity index (χ3v) is 4.69. The van der Waals surface area contributed by atoms with Crippen molar-refractivity contribution in [3.8, 4) is 16.9 Å². The predicted octanol–water partition coefficient (Wildman–Crippen LogP) is 5.43. The second-order valence-electron chi connectivity index (χ2n) is 7.50. The zero-order valence-corrected chi connectivity index (χ0v) is 17.2. The van der Waals surface area contributed by atoms with E-state index >= 15 is 0 Å². The molecule has 0 fully saturated rings. The van der Waals surface area contributed by atoms with Crippen LogP contribution in [0.2, 0.25) is 0 Å². The quantitative estimate of drug-likeness (QED) is 0.497.